The minimum Gasteiger partial charge on any atom is -0.492 e. The van der Waals surface area contributed by atoms with Crippen LogP contribution in [0.5, 0.6) is 5.75 Å². The molecule has 1 aromatic carbocycles. The third kappa shape index (κ3) is 3.76. The van der Waals surface area contributed by atoms with Gasteiger partial charge >= 0.3 is 5.97 Å². The second kappa shape index (κ2) is 6.45. The molecule has 1 N–H and O–H groups in total. The molecule has 0 aromatic heterocycles. The first-order valence-corrected chi connectivity index (χ1v) is 6.82. The third-order valence-corrected chi connectivity index (χ3v) is 3.68. The molecule has 0 atom stereocenters. The smallest absolute Gasteiger partial charge is 0.338 e. The summed E-state index contributed by atoms with van der Waals surface area (Å²) in [5.41, 5.74) is 8.58. The summed E-state index contributed by atoms with van der Waals surface area (Å²) in [6.07, 6.45) is 3.69. The Kier molecular flexibility index (Phi) is 4.65. The Balaban J connectivity index is 2.26. The summed E-state index contributed by atoms with van der Waals surface area (Å²) in [6.45, 7) is 0.661. The van der Waals surface area contributed by atoms with Crippen molar-refractivity contribution in [2.24, 2.45) is 11.0 Å². The van der Waals surface area contributed by atoms with Crippen molar-refractivity contribution >= 4 is 28.0 Å². The molecule has 0 bridgehead atoms. The van der Waals surface area contributed by atoms with Gasteiger partial charge in [-0.2, -0.15) is 0 Å². The Labute approximate surface area is 123 Å². The molecule has 0 saturated heterocycles. The van der Waals surface area contributed by atoms with Gasteiger partial charge in [0.15, 0.2) is 0 Å². The van der Waals surface area contributed by atoms with Gasteiger partial charge in [-0.25, -0.2) is 4.79 Å². The first kappa shape index (κ1) is 14.4. The highest BCUT2D eigenvalue weighted by Crippen LogP contribution is 2.34. The van der Waals surface area contributed by atoms with Gasteiger partial charge in [0.1, 0.15) is 11.4 Å². The van der Waals surface area contributed by atoms with Gasteiger partial charge in [-0.05, 0) is 57.9 Å². The fourth-order valence-corrected chi connectivity index (χ4v) is 2.06. The number of hydrogen-bond donors (Lipinski definition) is 1. The van der Waals surface area contributed by atoms with Gasteiger partial charge < -0.3 is 9.84 Å². The van der Waals surface area contributed by atoms with Crippen LogP contribution in [0.15, 0.2) is 33.5 Å². The van der Waals surface area contributed by atoms with Crippen molar-refractivity contribution in [3.63, 3.8) is 0 Å². The van der Waals surface area contributed by atoms with Crippen molar-refractivity contribution in [2.45, 2.75) is 12.8 Å². The molecule has 1 aromatic rings. The lowest BCUT2D eigenvalue weighted by Crippen LogP contribution is -2.00. The number of azide groups is 1. The highest BCUT2D eigenvalue weighted by Gasteiger charge is 2.22. The minimum atomic E-state index is -1.28. The van der Waals surface area contributed by atoms with E-state index in [2.05, 4.69) is 26.0 Å². The topological polar surface area (TPSA) is 95.3 Å². The zero-order chi connectivity index (χ0) is 14.5. The van der Waals surface area contributed by atoms with E-state index in [0.29, 0.717) is 28.3 Å². The van der Waals surface area contributed by atoms with Gasteiger partial charge in [-0.3, -0.25) is 0 Å². The van der Waals surface area contributed by atoms with Crippen LogP contribution < -0.4 is 4.74 Å². The van der Waals surface area contributed by atoms with Gasteiger partial charge in [0.05, 0.1) is 11.1 Å². The average Bonchev–Trinajstić information content (AvgIpc) is 3.23. The lowest BCUT2D eigenvalue weighted by Gasteiger charge is -2.09. The normalized spacial score (nSPS) is 14.6. The van der Waals surface area contributed by atoms with Gasteiger partial charge in [-0.15, -0.1) is 0 Å². The molecule has 6 nitrogen and oxygen atoms in total. The number of ether oxygens (including phenoxy) is 1. The third-order valence-electron chi connectivity index (χ3n) is 2.83. The van der Waals surface area contributed by atoms with Crippen molar-refractivity contribution in [1.82, 2.24) is 0 Å². The molecule has 0 spiro atoms. The summed E-state index contributed by atoms with van der Waals surface area (Å²) >= 11 is 3.38. The minimum absolute atomic E-state index is 0.368. The van der Waals surface area contributed by atoms with Crippen molar-refractivity contribution < 1.29 is 14.6 Å². The maximum atomic E-state index is 10.9. The number of halogens is 1. The van der Waals surface area contributed by atoms with Crippen LogP contribution in [0.4, 0.5) is 0 Å². The van der Waals surface area contributed by atoms with E-state index < -0.39 is 5.97 Å². The van der Waals surface area contributed by atoms with E-state index in [4.69, 9.17) is 15.4 Å². The SMILES string of the molecule is [N-]=[N+]=NC(=Cc1cccc(OCC2CC2)c1Br)C(=O)O. The molecule has 1 aliphatic rings. The number of carbonyl (C=O) groups is 1. The van der Waals surface area contributed by atoms with Crippen molar-refractivity contribution in [3.05, 3.63) is 44.4 Å². The molecule has 2 rings (SSSR count). The summed E-state index contributed by atoms with van der Waals surface area (Å²) in [5.74, 6) is -0.00537. The van der Waals surface area contributed by atoms with E-state index in [1.54, 1.807) is 18.2 Å². The van der Waals surface area contributed by atoms with Crippen LogP contribution in [0.1, 0.15) is 18.4 Å². The van der Waals surface area contributed by atoms with Gasteiger partial charge in [0.2, 0.25) is 0 Å². The maximum Gasteiger partial charge on any atom is 0.338 e. The lowest BCUT2D eigenvalue weighted by molar-refractivity contribution is -0.132. The first-order valence-electron chi connectivity index (χ1n) is 6.03. The van der Waals surface area contributed by atoms with Crippen LogP contribution in [-0.4, -0.2) is 17.7 Å². The number of carboxylic acid groups (broad SMARTS) is 1. The summed E-state index contributed by atoms with van der Waals surface area (Å²) in [5, 5.41) is 12.1. The second-order valence-electron chi connectivity index (χ2n) is 4.44. The lowest BCUT2D eigenvalue weighted by atomic mass is 10.2. The van der Waals surface area contributed by atoms with Crippen LogP contribution >= 0.6 is 15.9 Å². The Morgan fingerprint density at radius 2 is 2.35 bits per heavy atom. The Morgan fingerprint density at radius 3 is 2.95 bits per heavy atom. The molecule has 1 fully saturated rings. The molecule has 1 saturated carbocycles. The summed E-state index contributed by atoms with van der Waals surface area (Å²) < 4.78 is 6.32. The average molecular weight is 338 g/mol. The predicted octanol–water partition coefficient (Wildman–Crippen LogP) is 3.97. The maximum absolute atomic E-state index is 10.9. The van der Waals surface area contributed by atoms with E-state index in [0.717, 1.165) is 0 Å². The molecule has 0 aliphatic heterocycles. The van der Waals surface area contributed by atoms with E-state index in [1.165, 1.54) is 18.9 Å². The monoisotopic (exact) mass is 337 g/mol. The quantitative estimate of drug-likeness (QED) is 0.368. The number of hydrogen-bond acceptors (Lipinski definition) is 3. The number of benzene rings is 1. The number of rotatable bonds is 6. The summed E-state index contributed by atoms with van der Waals surface area (Å²) in [4.78, 5) is 13.4. The summed E-state index contributed by atoms with van der Waals surface area (Å²) in [7, 11) is 0. The Morgan fingerprint density at radius 1 is 1.60 bits per heavy atom. The van der Waals surface area contributed by atoms with E-state index >= 15 is 0 Å². The molecule has 0 amide bonds. The van der Waals surface area contributed by atoms with Crippen LogP contribution in [0.25, 0.3) is 16.5 Å². The zero-order valence-electron chi connectivity index (χ0n) is 10.5. The Bertz CT molecular complexity index is 601. The fraction of sp³-hybridized carbons (Fsp3) is 0.308. The number of aliphatic carboxylic acids is 1. The highest BCUT2D eigenvalue weighted by atomic mass is 79.9. The molecule has 1 aliphatic carbocycles. The van der Waals surface area contributed by atoms with Crippen LogP contribution in [0.2, 0.25) is 0 Å². The molecular formula is C13H12BrN3O3. The first-order chi connectivity index (χ1) is 9.61. The molecular weight excluding hydrogens is 326 g/mol. The molecule has 0 radical (unpaired) electrons. The highest BCUT2D eigenvalue weighted by molar-refractivity contribution is 9.10. The molecule has 20 heavy (non-hydrogen) atoms. The van der Waals surface area contributed by atoms with Crippen LogP contribution in [0, 0.1) is 5.92 Å². The predicted molar refractivity (Wildman–Crippen MR) is 77.1 cm³/mol. The standard InChI is InChI=1S/C13H12BrN3O3/c14-12-9(6-10(13(18)19)16-17-15)2-1-3-11(12)20-7-8-4-5-8/h1-3,6,8H,4-5,7H2,(H,18,19). The molecule has 104 valence electrons. The zero-order valence-corrected chi connectivity index (χ0v) is 12.1. The fourth-order valence-electron chi connectivity index (χ4n) is 1.57. The van der Waals surface area contributed by atoms with E-state index in [-0.39, 0.29) is 5.70 Å². The van der Waals surface area contributed by atoms with Crippen molar-refractivity contribution in [1.29, 1.82) is 0 Å². The number of carboxylic acids is 1. The number of nitrogens with zero attached hydrogens (tertiary/aromatic N) is 3. The Hall–Kier alpha value is -1.98. The second-order valence-corrected chi connectivity index (χ2v) is 5.23. The molecule has 0 heterocycles. The molecule has 0 unspecified atom stereocenters. The van der Waals surface area contributed by atoms with Gasteiger partial charge in [0, 0.05) is 4.91 Å². The summed E-state index contributed by atoms with van der Waals surface area (Å²) in [6, 6.07) is 5.27. The van der Waals surface area contributed by atoms with Crippen molar-refractivity contribution in [2.75, 3.05) is 6.61 Å². The van der Waals surface area contributed by atoms with E-state index in [1.807, 2.05) is 0 Å². The van der Waals surface area contributed by atoms with Gasteiger partial charge in [-0.1, -0.05) is 17.2 Å². The molecule has 7 heteroatoms. The van der Waals surface area contributed by atoms with E-state index in [9.17, 15) is 4.79 Å². The van der Waals surface area contributed by atoms with Crippen LogP contribution in [0.3, 0.4) is 0 Å². The largest absolute Gasteiger partial charge is 0.492 e. The van der Waals surface area contributed by atoms with Crippen molar-refractivity contribution in [3.8, 4) is 5.75 Å². The van der Waals surface area contributed by atoms with Gasteiger partial charge in [0.25, 0.3) is 0 Å². The van der Waals surface area contributed by atoms with Crippen LogP contribution in [-0.2, 0) is 4.79 Å².